The van der Waals surface area contributed by atoms with E-state index in [0.29, 0.717) is 0 Å². The van der Waals surface area contributed by atoms with Crippen LogP contribution in [0.15, 0.2) is 46.9 Å². The zero-order chi connectivity index (χ0) is 20.9. The van der Waals surface area contributed by atoms with Crippen molar-refractivity contribution in [2.75, 3.05) is 36.5 Å². The van der Waals surface area contributed by atoms with Gasteiger partial charge >= 0.3 is 0 Å². The molecule has 1 aromatic carbocycles. The van der Waals surface area contributed by atoms with Crippen LogP contribution in [0.25, 0.3) is 10.7 Å². The van der Waals surface area contributed by atoms with Gasteiger partial charge in [-0.15, -0.1) is 21.5 Å². The molecule has 0 aliphatic carbocycles. The van der Waals surface area contributed by atoms with Gasteiger partial charge in [0, 0.05) is 31.0 Å². The number of benzene rings is 1. The molecule has 2 aromatic heterocycles. The summed E-state index contributed by atoms with van der Waals surface area (Å²) >= 11 is 3.06. The highest BCUT2D eigenvalue weighted by Crippen LogP contribution is 2.29. The van der Waals surface area contributed by atoms with Gasteiger partial charge in [0.25, 0.3) is 0 Å². The van der Waals surface area contributed by atoms with Gasteiger partial charge in [-0.05, 0) is 49.6 Å². The van der Waals surface area contributed by atoms with Crippen LogP contribution in [0.1, 0.15) is 13.8 Å². The van der Waals surface area contributed by atoms with Crippen molar-refractivity contribution < 1.29 is 9.53 Å². The molecule has 1 aliphatic rings. The third kappa shape index (κ3) is 4.69. The Kier molecular flexibility index (Phi) is 6.71. The summed E-state index contributed by atoms with van der Waals surface area (Å²) in [5.41, 5.74) is 1.94. The molecule has 1 aliphatic heterocycles. The van der Waals surface area contributed by atoms with Gasteiger partial charge in [0.15, 0.2) is 11.0 Å². The molecule has 4 rings (SSSR count). The maximum Gasteiger partial charge on any atom is 0.237 e. The highest BCUT2D eigenvalue weighted by atomic mass is 32.2. The Morgan fingerprint density at radius 3 is 2.67 bits per heavy atom. The van der Waals surface area contributed by atoms with Crippen molar-refractivity contribution in [2.45, 2.75) is 30.8 Å². The highest BCUT2D eigenvalue weighted by Gasteiger charge is 2.21. The average molecular weight is 444 g/mol. The SMILES string of the molecule is CCn1c(SC(C)C(=O)Nc2ccc(N3CCOCC3)cc2)nnc1-c1cccs1. The molecule has 30 heavy (non-hydrogen) atoms. The molecule has 0 spiro atoms. The molecule has 0 saturated carbocycles. The third-order valence-corrected chi connectivity index (χ3v) is 6.88. The van der Waals surface area contributed by atoms with Gasteiger partial charge in [0.2, 0.25) is 5.91 Å². The van der Waals surface area contributed by atoms with Gasteiger partial charge in [-0.25, -0.2) is 0 Å². The monoisotopic (exact) mass is 443 g/mol. The molecule has 1 N–H and O–H groups in total. The standard InChI is InChI=1S/C21H25N5O2S2/c1-3-26-19(18-5-4-14-29-18)23-24-21(26)30-15(2)20(27)22-16-6-8-17(9-7-16)25-10-12-28-13-11-25/h4-9,14-15H,3,10-13H2,1-2H3,(H,22,27). The minimum absolute atomic E-state index is 0.0533. The van der Waals surface area contributed by atoms with Gasteiger partial charge in [0.1, 0.15) is 0 Å². The second-order valence-corrected chi connectivity index (χ2v) is 9.18. The Bertz CT molecular complexity index is 966. The predicted molar refractivity (Wildman–Crippen MR) is 122 cm³/mol. The van der Waals surface area contributed by atoms with Crippen LogP contribution < -0.4 is 10.2 Å². The first-order valence-corrected chi connectivity index (χ1v) is 11.8. The lowest BCUT2D eigenvalue weighted by atomic mass is 10.2. The third-order valence-electron chi connectivity index (χ3n) is 4.94. The number of thioether (sulfide) groups is 1. The number of nitrogens with zero attached hydrogens (tertiary/aromatic N) is 4. The Balaban J connectivity index is 1.38. The molecule has 158 valence electrons. The van der Waals surface area contributed by atoms with E-state index in [1.807, 2.05) is 48.7 Å². The quantitative estimate of drug-likeness (QED) is 0.557. The molecular weight excluding hydrogens is 418 g/mol. The van der Waals surface area contributed by atoms with Crippen LogP contribution in [0, 0.1) is 0 Å². The molecule has 9 heteroatoms. The topological polar surface area (TPSA) is 72.3 Å². The molecule has 7 nitrogen and oxygen atoms in total. The van der Waals surface area contributed by atoms with E-state index in [2.05, 4.69) is 31.9 Å². The maximum atomic E-state index is 12.7. The summed E-state index contributed by atoms with van der Waals surface area (Å²) in [6, 6.07) is 12.0. The number of aromatic nitrogens is 3. The summed E-state index contributed by atoms with van der Waals surface area (Å²) in [5.74, 6) is 0.795. The van der Waals surface area contributed by atoms with Crippen LogP contribution in [0.2, 0.25) is 0 Å². The molecule has 0 radical (unpaired) electrons. The van der Waals surface area contributed by atoms with Crippen LogP contribution >= 0.6 is 23.1 Å². The van der Waals surface area contributed by atoms with Gasteiger partial charge in [-0.2, -0.15) is 0 Å². The van der Waals surface area contributed by atoms with E-state index in [1.165, 1.54) is 11.8 Å². The van der Waals surface area contributed by atoms with Crippen molar-refractivity contribution in [2.24, 2.45) is 0 Å². The number of hydrogen-bond acceptors (Lipinski definition) is 7. The summed E-state index contributed by atoms with van der Waals surface area (Å²) in [4.78, 5) is 16.1. The van der Waals surface area contributed by atoms with E-state index in [9.17, 15) is 4.79 Å². The zero-order valence-corrected chi connectivity index (χ0v) is 18.7. The molecule has 0 bridgehead atoms. The molecular formula is C21H25N5O2S2. The smallest absolute Gasteiger partial charge is 0.237 e. The second kappa shape index (κ2) is 9.63. The molecule has 1 fully saturated rings. The molecule has 1 saturated heterocycles. The number of thiophene rings is 1. The molecule has 3 heterocycles. The lowest BCUT2D eigenvalue weighted by Gasteiger charge is -2.28. The normalized spacial score (nSPS) is 15.2. The second-order valence-electron chi connectivity index (χ2n) is 6.92. The van der Waals surface area contributed by atoms with Gasteiger partial charge < -0.3 is 19.5 Å². The van der Waals surface area contributed by atoms with Crippen LogP contribution in [0.3, 0.4) is 0 Å². The fourth-order valence-electron chi connectivity index (χ4n) is 3.28. The predicted octanol–water partition coefficient (Wildman–Crippen LogP) is 3.98. The maximum absolute atomic E-state index is 12.7. The highest BCUT2D eigenvalue weighted by molar-refractivity contribution is 8.00. The van der Waals surface area contributed by atoms with E-state index in [0.717, 1.165) is 60.1 Å². The van der Waals surface area contributed by atoms with E-state index in [4.69, 9.17) is 4.74 Å². The minimum Gasteiger partial charge on any atom is -0.378 e. The molecule has 1 atom stereocenters. The summed E-state index contributed by atoms with van der Waals surface area (Å²) in [7, 11) is 0. The van der Waals surface area contributed by atoms with Crippen LogP contribution in [-0.4, -0.2) is 52.2 Å². The van der Waals surface area contributed by atoms with Crippen LogP contribution in [0.5, 0.6) is 0 Å². The number of hydrogen-bond donors (Lipinski definition) is 1. The van der Waals surface area contributed by atoms with E-state index in [-0.39, 0.29) is 11.2 Å². The largest absolute Gasteiger partial charge is 0.378 e. The summed E-state index contributed by atoms with van der Waals surface area (Å²) in [6.45, 7) is 8.00. The van der Waals surface area contributed by atoms with Gasteiger partial charge in [-0.3, -0.25) is 4.79 Å². The summed E-state index contributed by atoms with van der Waals surface area (Å²) < 4.78 is 7.45. The van der Waals surface area contributed by atoms with E-state index < -0.39 is 0 Å². The number of carbonyl (C=O) groups is 1. The molecule has 1 amide bonds. The number of ether oxygens (including phenoxy) is 1. The lowest BCUT2D eigenvalue weighted by molar-refractivity contribution is -0.115. The fourth-order valence-corrected chi connectivity index (χ4v) is 4.91. The van der Waals surface area contributed by atoms with E-state index >= 15 is 0 Å². The number of nitrogens with one attached hydrogen (secondary N) is 1. The van der Waals surface area contributed by atoms with Crippen molar-refractivity contribution in [3.63, 3.8) is 0 Å². The number of anilines is 2. The first-order chi connectivity index (χ1) is 14.7. The average Bonchev–Trinajstić information content (AvgIpc) is 3.44. The van der Waals surface area contributed by atoms with Crippen LogP contribution in [0.4, 0.5) is 11.4 Å². The Labute approximate surface area is 184 Å². The number of carbonyl (C=O) groups excluding carboxylic acids is 1. The summed E-state index contributed by atoms with van der Waals surface area (Å²) in [6.07, 6.45) is 0. The first kappa shape index (κ1) is 20.9. The minimum atomic E-state index is -0.297. The lowest BCUT2D eigenvalue weighted by Crippen LogP contribution is -2.36. The fraction of sp³-hybridized carbons (Fsp3) is 0.381. The number of rotatable bonds is 7. The van der Waals surface area contributed by atoms with Crippen molar-refractivity contribution >= 4 is 40.4 Å². The Morgan fingerprint density at radius 2 is 2.00 bits per heavy atom. The first-order valence-electron chi connectivity index (χ1n) is 10.0. The van der Waals surface area contributed by atoms with Gasteiger partial charge in [0.05, 0.1) is 23.3 Å². The Hall–Kier alpha value is -2.36. The van der Waals surface area contributed by atoms with Crippen molar-refractivity contribution in [3.05, 3.63) is 41.8 Å². The van der Waals surface area contributed by atoms with Crippen molar-refractivity contribution in [1.29, 1.82) is 0 Å². The molecule has 3 aromatic rings. The summed E-state index contributed by atoms with van der Waals surface area (Å²) in [5, 5.41) is 14.1. The van der Waals surface area contributed by atoms with Gasteiger partial charge in [-0.1, -0.05) is 17.8 Å². The zero-order valence-electron chi connectivity index (χ0n) is 17.1. The van der Waals surface area contributed by atoms with Crippen LogP contribution in [-0.2, 0) is 16.1 Å². The molecule has 1 unspecified atom stereocenters. The Morgan fingerprint density at radius 1 is 1.23 bits per heavy atom. The van der Waals surface area contributed by atoms with E-state index in [1.54, 1.807) is 11.3 Å². The van der Waals surface area contributed by atoms with Crippen molar-refractivity contribution in [3.8, 4) is 10.7 Å². The number of morpholine rings is 1. The number of amides is 1. The van der Waals surface area contributed by atoms with Crippen molar-refractivity contribution in [1.82, 2.24) is 14.8 Å².